The van der Waals surface area contributed by atoms with Gasteiger partial charge in [0.05, 0.1) is 23.6 Å². The van der Waals surface area contributed by atoms with Crippen LogP contribution in [0.1, 0.15) is 63.1 Å². The first-order valence-electron chi connectivity index (χ1n) is 18.9. The minimum Gasteiger partial charge on any atom is -0.493 e. The third-order valence-electron chi connectivity index (χ3n) is 11.6. The van der Waals surface area contributed by atoms with Crippen molar-refractivity contribution in [3.05, 3.63) is 93.5 Å². The number of hydrogen-bond acceptors (Lipinski definition) is 7. The molecule has 4 heterocycles. The predicted octanol–water partition coefficient (Wildman–Crippen LogP) is 6.43. The van der Waals surface area contributed by atoms with Gasteiger partial charge in [-0.1, -0.05) is 47.5 Å². The van der Waals surface area contributed by atoms with Crippen LogP contribution in [0.4, 0.5) is 4.79 Å². The van der Waals surface area contributed by atoms with Crippen molar-refractivity contribution in [1.29, 1.82) is 0 Å². The molecular weight excluding hydrogens is 747 g/mol. The van der Waals surface area contributed by atoms with Gasteiger partial charge < -0.3 is 14.5 Å². The van der Waals surface area contributed by atoms with E-state index in [0.29, 0.717) is 73.0 Å². The molecule has 0 aromatic heterocycles. The molecule has 3 fully saturated rings. The van der Waals surface area contributed by atoms with E-state index in [0.717, 1.165) is 49.9 Å². The molecule has 288 valence electrons. The van der Waals surface area contributed by atoms with Crippen LogP contribution in [0.2, 0.25) is 10.0 Å². The zero-order valence-electron chi connectivity index (χ0n) is 31.1. The second-order valence-electron chi connectivity index (χ2n) is 14.8. The van der Waals surface area contributed by atoms with Gasteiger partial charge in [-0.15, -0.1) is 0 Å². The molecule has 54 heavy (non-hydrogen) atoms. The van der Waals surface area contributed by atoms with Crippen LogP contribution in [-0.2, 0) is 25.9 Å². The fourth-order valence-electron chi connectivity index (χ4n) is 8.26. The Bertz CT molecular complexity index is 2010. The lowest BCUT2D eigenvalue weighted by Gasteiger charge is -2.47. The molecule has 3 amide bonds. The van der Waals surface area contributed by atoms with E-state index >= 15 is 4.79 Å². The van der Waals surface area contributed by atoms with Gasteiger partial charge in [0.15, 0.2) is 0 Å². The molecule has 2 atom stereocenters. The number of likely N-dealkylation sites (tertiary alicyclic amines) is 1. The molecule has 0 N–H and O–H groups in total. The fourth-order valence-corrected chi connectivity index (χ4v) is 10.0. The zero-order chi connectivity index (χ0) is 38.3. The molecule has 7 rings (SSSR count). The van der Waals surface area contributed by atoms with Crippen molar-refractivity contribution in [3.63, 3.8) is 0 Å². The van der Waals surface area contributed by atoms with Gasteiger partial charge in [0.1, 0.15) is 22.7 Å². The van der Waals surface area contributed by atoms with E-state index in [1.807, 2.05) is 79.1 Å². The lowest BCUT2D eigenvalue weighted by molar-refractivity contribution is -0.131. The highest BCUT2D eigenvalue weighted by molar-refractivity contribution is 7.89. The molecule has 0 aliphatic carbocycles. The number of piperazine rings is 1. The SMILES string of the molecule is CCOc1cc(S(=O)(=O)N2CCCC2)ccc1C1=N[C@@](C)(c2ccc(Cl)cc2)[C@@](C)(c2ccc(Cl)cc2)N1C(=O)N1CCN(CC(=O)N2CCCC2)CC1. The maximum atomic E-state index is 15.3. The Morgan fingerprint density at radius 2 is 1.33 bits per heavy atom. The molecule has 3 aromatic rings. The van der Waals surface area contributed by atoms with Gasteiger partial charge in [-0.25, -0.2) is 13.2 Å². The monoisotopic (exact) mass is 794 g/mol. The third kappa shape index (κ3) is 7.00. The van der Waals surface area contributed by atoms with Gasteiger partial charge in [0, 0.05) is 68.5 Å². The molecule has 0 unspecified atom stereocenters. The van der Waals surface area contributed by atoms with Crippen molar-refractivity contribution in [3.8, 4) is 5.75 Å². The summed E-state index contributed by atoms with van der Waals surface area (Å²) in [7, 11) is -3.76. The topological polar surface area (TPSA) is 106 Å². The van der Waals surface area contributed by atoms with E-state index in [1.54, 1.807) is 23.1 Å². The summed E-state index contributed by atoms with van der Waals surface area (Å²) >= 11 is 12.8. The molecule has 4 aliphatic rings. The Kier molecular flexibility index (Phi) is 11.0. The van der Waals surface area contributed by atoms with Crippen LogP contribution in [0.5, 0.6) is 5.75 Å². The lowest BCUT2D eigenvalue weighted by Crippen LogP contribution is -2.61. The molecule has 3 aromatic carbocycles. The summed E-state index contributed by atoms with van der Waals surface area (Å²) in [6, 6.07) is 19.6. The maximum Gasteiger partial charge on any atom is 0.326 e. The number of nitrogens with zero attached hydrogens (tertiary/aromatic N) is 6. The first kappa shape index (κ1) is 38.6. The Hall–Kier alpha value is -3.68. The van der Waals surface area contributed by atoms with Crippen LogP contribution >= 0.6 is 23.2 Å². The molecule has 0 saturated carbocycles. The Morgan fingerprint density at radius 3 is 1.93 bits per heavy atom. The summed E-state index contributed by atoms with van der Waals surface area (Å²) in [5.74, 6) is 0.808. The van der Waals surface area contributed by atoms with Crippen molar-refractivity contribution in [2.45, 2.75) is 62.4 Å². The fraction of sp³-hybridized carbons (Fsp3) is 0.475. The standard InChI is InChI=1S/C40H48Cl2N6O5S/c1-4-53-35-27-33(54(51,52)47-21-7-8-22-47)17-18-34(35)37-43-39(2,29-9-13-31(41)14-10-29)40(3,30-11-15-32(42)16-12-30)48(37)38(50)46-25-23-44(24-26-46)28-36(49)45-19-5-6-20-45/h9-18,27H,4-8,19-26,28H2,1-3H3/t39-,40+/m0/s1. The van der Waals surface area contributed by atoms with Crippen molar-refractivity contribution in [2.75, 3.05) is 65.5 Å². The lowest BCUT2D eigenvalue weighted by atomic mass is 9.71. The number of amidine groups is 1. The van der Waals surface area contributed by atoms with E-state index in [1.165, 1.54) is 4.31 Å². The quantitative estimate of drug-likeness (QED) is 0.247. The van der Waals surface area contributed by atoms with Crippen molar-refractivity contribution in [1.82, 2.24) is 23.9 Å². The second kappa shape index (κ2) is 15.5. The predicted molar refractivity (Wildman–Crippen MR) is 211 cm³/mol. The average Bonchev–Trinajstić information content (AvgIpc) is 3.95. The highest BCUT2D eigenvalue weighted by Gasteiger charge is 2.60. The molecular formula is C40H48Cl2N6O5S. The van der Waals surface area contributed by atoms with E-state index in [2.05, 4.69) is 4.90 Å². The number of ether oxygens (including phenoxy) is 1. The van der Waals surface area contributed by atoms with Crippen LogP contribution in [-0.4, -0.2) is 116 Å². The number of rotatable bonds is 9. The smallest absolute Gasteiger partial charge is 0.326 e. The molecule has 0 bridgehead atoms. The first-order valence-corrected chi connectivity index (χ1v) is 21.0. The number of urea groups is 1. The van der Waals surface area contributed by atoms with Crippen LogP contribution < -0.4 is 4.74 Å². The third-order valence-corrected chi connectivity index (χ3v) is 14.0. The normalized spacial score (nSPS) is 23.9. The molecule has 11 nitrogen and oxygen atoms in total. The molecule has 3 saturated heterocycles. The summed E-state index contributed by atoms with van der Waals surface area (Å²) < 4.78 is 35.2. The summed E-state index contributed by atoms with van der Waals surface area (Å²) in [6.07, 6.45) is 3.71. The first-order chi connectivity index (χ1) is 25.9. The Morgan fingerprint density at radius 1 is 0.759 bits per heavy atom. The van der Waals surface area contributed by atoms with Crippen molar-refractivity contribution >= 4 is 51.0 Å². The van der Waals surface area contributed by atoms with E-state index in [4.69, 9.17) is 32.9 Å². The number of halogens is 2. The number of hydrogen-bond donors (Lipinski definition) is 0. The molecule has 4 aliphatic heterocycles. The van der Waals surface area contributed by atoms with E-state index < -0.39 is 21.1 Å². The maximum absolute atomic E-state index is 15.3. The number of aliphatic imine (C=N–C) groups is 1. The molecule has 0 radical (unpaired) electrons. The van der Waals surface area contributed by atoms with Crippen LogP contribution in [0, 0.1) is 0 Å². The number of carbonyl (C=O) groups excluding carboxylic acids is 2. The van der Waals surface area contributed by atoms with E-state index in [-0.39, 0.29) is 23.4 Å². The largest absolute Gasteiger partial charge is 0.493 e. The highest BCUT2D eigenvalue weighted by Crippen LogP contribution is 2.54. The van der Waals surface area contributed by atoms with Gasteiger partial charge in [-0.05, 0) is 94.0 Å². The van der Waals surface area contributed by atoms with E-state index in [9.17, 15) is 13.2 Å². The van der Waals surface area contributed by atoms with Gasteiger partial charge in [-0.2, -0.15) is 4.31 Å². The summed E-state index contributed by atoms with van der Waals surface area (Å²) in [5.41, 5.74) is -0.0568. The summed E-state index contributed by atoms with van der Waals surface area (Å²) in [6.45, 7) is 10.9. The summed E-state index contributed by atoms with van der Waals surface area (Å²) in [5, 5.41) is 1.13. The van der Waals surface area contributed by atoms with Crippen LogP contribution in [0.25, 0.3) is 0 Å². The van der Waals surface area contributed by atoms with Crippen LogP contribution in [0.3, 0.4) is 0 Å². The molecule has 0 spiro atoms. The number of benzene rings is 3. The van der Waals surface area contributed by atoms with Crippen molar-refractivity contribution in [2.24, 2.45) is 4.99 Å². The Labute approximate surface area is 328 Å². The number of sulfonamides is 1. The minimum atomic E-state index is -3.76. The molecule has 14 heteroatoms. The zero-order valence-corrected chi connectivity index (χ0v) is 33.5. The Balaban J connectivity index is 1.33. The van der Waals surface area contributed by atoms with Crippen molar-refractivity contribution < 1.29 is 22.7 Å². The highest BCUT2D eigenvalue weighted by atomic mass is 35.5. The second-order valence-corrected chi connectivity index (χ2v) is 17.6. The van der Waals surface area contributed by atoms with Gasteiger partial charge in [-0.3, -0.25) is 19.6 Å². The number of carbonyl (C=O) groups is 2. The summed E-state index contributed by atoms with van der Waals surface area (Å²) in [4.78, 5) is 41.5. The minimum absolute atomic E-state index is 0.133. The number of amides is 3. The van der Waals surface area contributed by atoms with Gasteiger partial charge in [0.25, 0.3) is 0 Å². The average molecular weight is 796 g/mol. The van der Waals surface area contributed by atoms with Gasteiger partial charge >= 0.3 is 6.03 Å². The van der Waals surface area contributed by atoms with Crippen LogP contribution in [0.15, 0.2) is 76.6 Å². The van der Waals surface area contributed by atoms with Gasteiger partial charge in [0.2, 0.25) is 15.9 Å².